The van der Waals surface area contributed by atoms with Crippen molar-refractivity contribution in [1.29, 1.82) is 0 Å². The van der Waals surface area contributed by atoms with E-state index in [0.717, 1.165) is 24.2 Å². The Labute approximate surface area is 179 Å². The molecule has 6 nitrogen and oxygen atoms in total. The van der Waals surface area contributed by atoms with Crippen LogP contribution in [0.3, 0.4) is 0 Å². The van der Waals surface area contributed by atoms with Gasteiger partial charge in [0, 0.05) is 24.1 Å². The Morgan fingerprint density at radius 1 is 1.10 bits per heavy atom. The summed E-state index contributed by atoms with van der Waals surface area (Å²) >= 11 is 0. The van der Waals surface area contributed by atoms with Crippen molar-refractivity contribution < 1.29 is 17.9 Å². The fraction of sp³-hybridized carbons (Fsp3) is 0.435. The molecular weight excluding hydrogens is 400 g/mol. The lowest BCUT2D eigenvalue weighted by Gasteiger charge is -2.41. The van der Waals surface area contributed by atoms with Crippen molar-refractivity contribution >= 4 is 21.6 Å². The van der Waals surface area contributed by atoms with E-state index >= 15 is 0 Å². The Kier molecular flexibility index (Phi) is 6.41. The third-order valence-corrected chi connectivity index (χ3v) is 7.17. The number of fused-ring (bicyclic) bond motifs is 1. The highest BCUT2D eigenvalue weighted by atomic mass is 32.2. The van der Waals surface area contributed by atoms with Crippen molar-refractivity contribution in [3.63, 3.8) is 0 Å². The fourth-order valence-corrected chi connectivity index (χ4v) is 5.03. The third-order valence-electron chi connectivity index (χ3n) is 5.90. The summed E-state index contributed by atoms with van der Waals surface area (Å²) in [7, 11) is -3.36. The van der Waals surface area contributed by atoms with Gasteiger partial charge in [-0.1, -0.05) is 32.0 Å². The fourth-order valence-electron chi connectivity index (χ4n) is 4.06. The molecule has 1 heterocycles. The van der Waals surface area contributed by atoms with E-state index in [1.54, 1.807) is 31.2 Å². The highest BCUT2D eigenvalue weighted by Crippen LogP contribution is 2.42. The van der Waals surface area contributed by atoms with Crippen LogP contribution in [-0.4, -0.2) is 32.7 Å². The van der Waals surface area contributed by atoms with E-state index < -0.39 is 10.0 Å². The van der Waals surface area contributed by atoms with Gasteiger partial charge >= 0.3 is 0 Å². The topological polar surface area (TPSA) is 75.7 Å². The minimum atomic E-state index is -3.36. The van der Waals surface area contributed by atoms with Crippen LogP contribution < -0.4 is 14.4 Å². The van der Waals surface area contributed by atoms with Gasteiger partial charge in [0.1, 0.15) is 11.4 Å². The Morgan fingerprint density at radius 2 is 1.73 bits per heavy atom. The number of sulfonamides is 1. The molecule has 1 N–H and O–H groups in total. The number of anilines is 1. The Balaban J connectivity index is 1.83. The summed E-state index contributed by atoms with van der Waals surface area (Å²) in [6, 6.07) is 14.3. The first-order chi connectivity index (χ1) is 14.2. The van der Waals surface area contributed by atoms with Gasteiger partial charge in [-0.2, -0.15) is 0 Å². The second-order valence-electron chi connectivity index (χ2n) is 7.73. The number of nitrogens with zero attached hydrogens (tertiary/aromatic N) is 1. The minimum Gasteiger partial charge on any atom is -0.487 e. The summed E-state index contributed by atoms with van der Waals surface area (Å²) in [4.78, 5) is 13.0. The molecule has 2 aromatic carbocycles. The summed E-state index contributed by atoms with van der Waals surface area (Å²) in [5, 5.41) is 3.16. The molecule has 0 aromatic heterocycles. The zero-order valence-corrected chi connectivity index (χ0v) is 18.8. The largest absolute Gasteiger partial charge is 0.487 e. The number of nitrogens with one attached hydrogen (secondary N) is 1. The van der Waals surface area contributed by atoms with E-state index in [1.165, 1.54) is 10.6 Å². The van der Waals surface area contributed by atoms with E-state index in [4.69, 9.17) is 4.74 Å². The van der Waals surface area contributed by atoms with Gasteiger partial charge in [-0.05, 0) is 50.1 Å². The second kappa shape index (κ2) is 8.68. The highest BCUT2D eigenvalue weighted by Gasteiger charge is 2.39. The number of carbonyl (C=O) groups is 1. The smallest absolute Gasteiger partial charge is 0.251 e. The summed E-state index contributed by atoms with van der Waals surface area (Å²) in [6.07, 6.45) is 3.60. The molecule has 1 unspecified atom stereocenters. The van der Waals surface area contributed by atoms with Crippen LogP contribution in [0.25, 0.3) is 0 Å². The first-order valence-corrected chi connectivity index (χ1v) is 12.2. The maximum absolute atomic E-state index is 13.0. The van der Waals surface area contributed by atoms with Crippen molar-refractivity contribution in [3.8, 4) is 5.75 Å². The Hall–Kier alpha value is -2.54. The quantitative estimate of drug-likeness (QED) is 0.711. The lowest BCUT2D eigenvalue weighted by atomic mass is 9.83. The zero-order valence-electron chi connectivity index (χ0n) is 18.0. The van der Waals surface area contributed by atoms with E-state index in [2.05, 4.69) is 19.2 Å². The number of carbonyl (C=O) groups excluding carboxylic acids is 1. The predicted octanol–water partition coefficient (Wildman–Crippen LogP) is 4.28. The zero-order chi connectivity index (χ0) is 21.9. The van der Waals surface area contributed by atoms with Crippen LogP contribution in [0.1, 0.15) is 62.0 Å². The van der Waals surface area contributed by atoms with Crippen molar-refractivity contribution in [2.75, 3.05) is 17.1 Å². The van der Waals surface area contributed by atoms with Gasteiger partial charge in [-0.3, -0.25) is 9.10 Å². The average Bonchev–Trinajstić information content (AvgIpc) is 2.73. The average molecular weight is 431 g/mol. The molecule has 30 heavy (non-hydrogen) atoms. The van der Waals surface area contributed by atoms with Crippen LogP contribution in [0.5, 0.6) is 5.75 Å². The summed E-state index contributed by atoms with van der Waals surface area (Å²) < 4.78 is 31.4. The molecule has 3 rings (SSSR count). The molecule has 0 fully saturated rings. The molecular formula is C23H30N2O4S. The van der Waals surface area contributed by atoms with Gasteiger partial charge in [-0.15, -0.1) is 0 Å². The summed E-state index contributed by atoms with van der Waals surface area (Å²) in [6.45, 7) is 6.32. The predicted molar refractivity (Wildman–Crippen MR) is 120 cm³/mol. The molecule has 1 atom stereocenters. The van der Waals surface area contributed by atoms with Crippen LogP contribution in [0.2, 0.25) is 0 Å². The Bertz CT molecular complexity index is 998. The molecule has 1 amide bonds. The molecule has 1 aliphatic rings. The minimum absolute atomic E-state index is 0.148. The molecule has 0 spiro atoms. The molecule has 162 valence electrons. The van der Waals surface area contributed by atoms with Crippen molar-refractivity contribution in [3.05, 3.63) is 59.7 Å². The van der Waals surface area contributed by atoms with Gasteiger partial charge < -0.3 is 10.1 Å². The van der Waals surface area contributed by atoms with E-state index in [-0.39, 0.29) is 17.6 Å². The molecule has 0 saturated heterocycles. The van der Waals surface area contributed by atoms with Crippen molar-refractivity contribution in [2.24, 2.45) is 0 Å². The van der Waals surface area contributed by atoms with E-state index in [9.17, 15) is 13.2 Å². The SMILES string of the molecule is CCN(c1ccc(C(=O)NC2CC(CC)(CC)Oc3ccccc32)cc1)S(C)(=O)=O. The third kappa shape index (κ3) is 4.46. The number of hydrogen-bond acceptors (Lipinski definition) is 4. The van der Waals surface area contributed by atoms with Crippen LogP contribution in [0.15, 0.2) is 48.5 Å². The number of ether oxygens (including phenoxy) is 1. The van der Waals surface area contributed by atoms with Crippen LogP contribution in [0, 0.1) is 0 Å². The molecule has 7 heteroatoms. The second-order valence-corrected chi connectivity index (χ2v) is 9.64. The first-order valence-electron chi connectivity index (χ1n) is 10.4. The number of para-hydroxylation sites is 1. The standard InChI is InChI=1S/C23H30N2O4S/c1-5-23(6-2)16-20(19-10-8-9-11-21(19)29-23)24-22(26)17-12-14-18(15-13-17)25(7-3)30(4,27)28/h8-15,20H,5-7,16H2,1-4H3,(H,24,26). The number of hydrogen-bond donors (Lipinski definition) is 1. The van der Waals surface area contributed by atoms with E-state index in [1.807, 2.05) is 24.3 Å². The Morgan fingerprint density at radius 3 is 2.30 bits per heavy atom. The number of amides is 1. The number of rotatable bonds is 7. The van der Waals surface area contributed by atoms with Crippen molar-refractivity contribution in [1.82, 2.24) is 5.32 Å². The molecule has 1 aliphatic heterocycles. The maximum Gasteiger partial charge on any atom is 0.251 e. The number of benzene rings is 2. The molecule has 0 radical (unpaired) electrons. The normalized spacial score (nSPS) is 17.5. The first kappa shape index (κ1) is 22.2. The van der Waals surface area contributed by atoms with Gasteiger partial charge in [0.25, 0.3) is 5.91 Å². The maximum atomic E-state index is 13.0. The van der Waals surface area contributed by atoms with Gasteiger partial charge in [0.2, 0.25) is 10.0 Å². The van der Waals surface area contributed by atoms with Crippen LogP contribution in [-0.2, 0) is 10.0 Å². The molecule has 0 aliphatic carbocycles. The summed E-state index contributed by atoms with van der Waals surface area (Å²) in [5.74, 6) is 0.631. The molecule has 0 saturated carbocycles. The summed E-state index contributed by atoms with van der Waals surface area (Å²) in [5.41, 5.74) is 1.72. The monoisotopic (exact) mass is 430 g/mol. The van der Waals surface area contributed by atoms with Gasteiger partial charge in [0.15, 0.2) is 0 Å². The lowest BCUT2D eigenvalue weighted by Crippen LogP contribution is -2.44. The molecule has 0 bridgehead atoms. The van der Waals surface area contributed by atoms with E-state index in [0.29, 0.717) is 24.2 Å². The van der Waals surface area contributed by atoms with Crippen molar-refractivity contribution in [2.45, 2.75) is 51.7 Å². The van der Waals surface area contributed by atoms with Crippen LogP contribution in [0.4, 0.5) is 5.69 Å². The lowest BCUT2D eigenvalue weighted by molar-refractivity contribution is 0.0227. The molecule has 2 aromatic rings. The highest BCUT2D eigenvalue weighted by molar-refractivity contribution is 7.92. The van der Waals surface area contributed by atoms with Gasteiger partial charge in [-0.25, -0.2) is 8.42 Å². The van der Waals surface area contributed by atoms with Crippen LogP contribution >= 0.6 is 0 Å². The van der Waals surface area contributed by atoms with Gasteiger partial charge in [0.05, 0.1) is 18.0 Å².